The van der Waals surface area contributed by atoms with Crippen LogP contribution in [0.2, 0.25) is 0 Å². The quantitative estimate of drug-likeness (QED) is 0.605. The van der Waals surface area contributed by atoms with Gasteiger partial charge in [-0.15, -0.1) is 11.6 Å². The van der Waals surface area contributed by atoms with E-state index >= 15 is 0 Å². The lowest BCUT2D eigenvalue weighted by Gasteiger charge is -2.02. The molecule has 0 heterocycles. The number of nitrogen functional groups attached to an aromatic ring is 1. The number of aryl methyl sites for hydroxylation is 1. The molecule has 0 aliphatic heterocycles. The Balaban J connectivity index is 2.92. The maximum absolute atomic E-state index is 13.3. The molecule has 3 heteroatoms. The molecular weight excluding hydrogens is 201 g/mol. The zero-order valence-electron chi connectivity index (χ0n) is 8.06. The Labute approximate surface area is 88.4 Å². The van der Waals surface area contributed by atoms with E-state index in [1.54, 1.807) is 12.1 Å². The molecule has 1 nitrogen and oxygen atoms in total. The van der Waals surface area contributed by atoms with Crippen molar-refractivity contribution in [3.63, 3.8) is 0 Å². The van der Waals surface area contributed by atoms with Crippen molar-refractivity contribution >= 4 is 23.4 Å². The van der Waals surface area contributed by atoms with E-state index in [1.807, 2.05) is 13.0 Å². The monoisotopic (exact) mass is 213 g/mol. The Kier molecular flexibility index (Phi) is 3.96. The second-order valence-electron chi connectivity index (χ2n) is 3.11. The third-order valence-electron chi connectivity index (χ3n) is 1.96. The first-order chi connectivity index (χ1) is 6.65. The molecule has 0 unspecified atom stereocenters. The summed E-state index contributed by atoms with van der Waals surface area (Å²) in [5, 5.41) is 0. The number of hydrogen-bond acceptors (Lipinski definition) is 1. The lowest BCUT2D eigenvalue weighted by atomic mass is 10.1. The number of benzene rings is 1. The minimum Gasteiger partial charge on any atom is -0.398 e. The van der Waals surface area contributed by atoms with Gasteiger partial charge in [-0.2, -0.15) is 0 Å². The van der Waals surface area contributed by atoms with Crippen molar-refractivity contribution in [3.05, 3.63) is 35.2 Å². The van der Waals surface area contributed by atoms with Crippen LogP contribution in [0.4, 0.5) is 10.1 Å². The number of allylic oxidation sites excluding steroid dienone is 1. The summed E-state index contributed by atoms with van der Waals surface area (Å²) in [4.78, 5) is 0. The van der Waals surface area contributed by atoms with E-state index < -0.39 is 0 Å². The van der Waals surface area contributed by atoms with Gasteiger partial charge in [0, 0.05) is 17.1 Å². The zero-order valence-corrected chi connectivity index (χ0v) is 8.81. The molecule has 14 heavy (non-hydrogen) atoms. The summed E-state index contributed by atoms with van der Waals surface area (Å²) in [6.07, 6.45) is 4.32. The standard InChI is InChI=1S/C11H13ClFN/c1-8-6-9(4-2-3-5-12)10(13)7-11(8)14/h2,4,6-7H,3,5,14H2,1H3. The fourth-order valence-corrected chi connectivity index (χ4v) is 1.25. The minimum atomic E-state index is -0.293. The van der Waals surface area contributed by atoms with Gasteiger partial charge in [0.15, 0.2) is 0 Å². The van der Waals surface area contributed by atoms with E-state index in [-0.39, 0.29) is 5.82 Å². The summed E-state index contributed by atoms with van der Waals surface area (Å²) in [5.74, 6) is 0.255. The molecule has 0 fully saturated rings. The summed E-state index contributed by atoms with van der Waals surface area (Å²) in [7, 11) is 0. The van der Waals surface area contributed by atoms with Crippen molar-refractivity contribution < 1.29 is 4.39 Å². The number of anilines is 1. The molecule has 0 saturated carbocycles. The normalized spacial score (nSPS) is 11.1. The third-order valence-corrected chi connectivity index (χ3v) is 2.18. The van der Waals surface area contributed by atoms with Crippen molar-refractivity contribution in [1.29, 1.82) is 0 Å². The van der Waals surface area contributed by atoms with E-state index in [2.05, 4.69) is 0 Å². The zero-order chi connectivity index (χ0) is 10.6. The molecule has 0 saturated heterocycles. The lowest BCUT2D eigenvalue weighted by Crippen LogP contribution is -1.93. The van der Waals surface area contributed by atoms with E-state index in [9.17, 15) is 4.39 Å². The molecule has 0 spiro atoms. The van der Waals surface area contributed by atoms with Crippen LogP contribution in [0, 0.1) is 12.7 Å². The Bertz CT molecular complexity index is 347. The van der Waals surface area contributed by atoms with Gasteiger partial charge in [0.1, 0.15) is 5.82 Å². The second-order valence-corrected chi connectivity index (χ2v) is 3.49. The van der Waals surface area contributed by atoms with Crippen LogP contribution in [-0.2, 0) is 0 Å². The maximum atomic E-state index is 13.3. The van der Waals surface area contributed by atoms with E-state index in [1.165, 1.54) is 6.07 Å². The van der Waals surface area contributed by atoms with Crippen LogP contribution in [0.15, 0.2) is 18.2 Å². The van der Waals surface area contributed by atoms with E-state index in [0.29, 0.717) is 17.1 Å². The summed E-state index contributed by atoms with van der Waals surface area (Å²) < 4.78 is 13.3. The predicted molar refractivity (Wildman–Crippen MR) is 59.9 cm³/mol. The van der Waals surface area contributed by atoms with Crippen molar-refractivity contribution in [2.24, 2.45) is 0 Å². The SMILES string of the molecule is Cc1cc(C=CCCCl)c(F)cc1N. The largest absolute Gasteiger partial charge is 0.398 e. The summed E-state index contributed by atoms with van der Waals surface area (Å²) in [6.45, 7) is 1.85. The van der Waals surface area contributed by atoms with Gasteiger partial charge in [-0.25, -0.2) is 4.39 Å². The van der Waals surface area contributed by atoms with Gasteiger partial charge in [-0.05, 0) is 31.0 Å². The van der Waals surface area contributed by atoms with Crippen LogP contribution in [0.5, 0.6) is 0 Å². The Morgan fingerprint density at radius 3 is 2.86 bits per heavy atom. The average Bonchev–Trinajstić information content (AvgIpc) is 2.14. The molecule has 0 atom stereocenters. The summed E-state index contributed by atoms with van der Waals surface area (Å²) in [5.41, 5.74) is 7.49. The Morgan fingerprint density at radius 2 is 2.21 bits per heavy atom. The molecule has 0 bridgehead atoms. The molecule has 1 rings (SSSR count). The number of alkyl halides is 1. The molecule has 2 N–H and O–H groups in total. The van der Waals surface area contributed by atoms with Crippen LogP contribution in [-0.4, -0.2) is 5.88 Å². The molecule has 76 valence electrons. The fraction of sp³-hybridized carbons (Fsp3) is 0.273. The number of halogens is 2. The third kappa shape index (κ3) is 2.74. The van der Waals surface area contributed by atoms with E-state index in [4.69, 9.17) is 17.3 Å². The van der Waals surface area contributed by atoms with Crippen molar-refractivity contribution in [3.8, 4) is 0 Å². The van der Waals surface area contributed by atoms with Crippen molar-refractivity contribution in [2.45, 2.75) is 13.3 Å². The maximum Gasteiger partial charge on any atom is 0.132 e. The smallest absolute Gasteiger partial charge is 0.132 e. The number of nitrogens with two attached hydrogens (primary N) is 1. The molecule has 0 amide bonds. The van der Waals surface area contributed by atoms with Crippen LogP contribution in [0.25, 0.3) is 6.08 Å². The van der Waals surface area contributed by atoms with Crippen LogP contribution in [0.3, 0.4) is 0 Å². The highest BCUT2D eigenvalue weighted by atomic mass is 35.5. The van der Waals surface area contributed by atoms with Gasteiger partial charge in [-0.1, -0.05) is 12.2 Å². The molecule has 1 aromatic rings. The number of hydrogen-bond donors (Lipinski definition) is 1. The molecule has 0 radical (unpaired) electrons. The van der Waals surface area contributed by atoms with Gasteiger partial charge >= 0.3 is 0 Å². The molecule has 0 aliphatic rings. The topological polar surface area (TPSA) is 26.0 Å². The Morgan fingerprint density at radius 1 is 1.50 bits per heavy atom. The molecule has 1 aromatic carbocycles. The lowest BCUT2D eigenvalue weighted by molar-refractivity contribution is 0.625. The highest BCUT2D eigenvalue weighted by molar-refractivity contribution is 6.17. The van der Waals surface area contributed by atoms with Crippen LogP contribution >= 0.6 is 11.6 Å². The fourth-order valence-electron chi connectivity index (χ4n) is 1.12. The first-order valence-corrected chi connectivity index (χ1v) is 4.96. The molecule has 0 aliphatic carbocycles. The predicted octanol–water partition coefficient (Wildman–Crippen LogP) is 3.36. The summed E-state index contributed by atoms with van der Waals surface area (Å²) >= 11 is 5.50. The summed E-state index contributed by atoms with van der Waals surface area (Å²) in [6, 6.07) is 3.07. The van der Waals surface area contributed by atoms with Gasteiger partial charge in [0.05, 0.1) is 0 Å². The van der Waals surface area contributed by atoms with Gasteiger partial charge < -0.3 is 5.73 Å². The minimum absolute atomic E-state index is 0.293. The Hall–Kier alpha value is -1.02. The second kappa shape index (κ2) is 5.01. The first-order valence-electron chi connectivity index (χ1n) is 4.43. The van der Waals surface area contributed by atoms with Crippen LogP contribution in [0.1, 0.15) is 17.5 Å². The first kappa shape index (κ1) is 11.1. The van der Waals surface area contributed by atoms with Gasteiger partial charge in [0.25, 0.3) is 0 Å². The van der Waals surface area contributed by atoms with Gasteiger partial charge in [0.2, 0.25) is 0 Å². The molecule has 0 aromatic heterocycles. The van der Waals surface area contributed by atoms with Crippen molar-refractivity contribution in [2.75, 3.05) is 11.6 Å². The van der Waals surface area contributed by atoms with Gasteiger partial charge in [-0.3, -0.25) is 0 Å². The average molecular weight is 214 g/mol. The highest BCUT2D eigenvalue weighted by Gasteiger charge is 2.01. The van der Waals surface area contributed by atoms with Crippen molar-refractivity contribution in [1.82, 2.24) is 0 Å². The number of rotatable bonds is 3. The van der Waals surface area contributed by atoms with Crippen LogP contribution < -0.4 is 5.73 Å². The molecular formula is C11H13ClFN. The highest BCUT2D eigenvalue weighted by Crippen LogP contribution is 2.18. The van der Waals surface area contributed by atoms with E-state index in [0.717, 1.165) is 12.0 Å².